The second kappa shape index (κ2) is 5.59. The highest BCUT2D eigenvalue weighted by molar-refractivity contribution is 9.24. The molecule has 0 spiro atoms. The van der Waals surface area contributed by atoms with Crippen LogP contribution in [0.5, 0.6) is 5.75 Å². The third kappa shape index (κ3) is 2.72. The van der Waals surface area contributed by atoms with Crippen LogP contribution in [-0.4, -0.2) is 0 Å². The third-order valence-corrected chi connectivity index (χ3v) is 4.51. The summed E-state index contributed by atoms with van der Waals surface area (Å²) in [5.74, 6) is 0.0453. The number of halogens is 4. The summed E-state index contributed by atoms with van der Waals surface area (Å²) in [6, 6.07) is 9.32. The fourth-order valence-electron chi connectivity index (χ4n) is 1.80. The minimum atomic E-state index is -0.0225. The van der Waals surface area contributed by atoms with Crippen molar-refractivity contribution in [1.82, 2.24) is 0 Å². The van der Waals surface area contributed by atoms with Crippen LogP contribution in [-0.2, 0) is 5.11 Å². The standard InChI is InChI=1S/C12H7Br4O/c13-11(14)7-4-5-9(17)10-6(7)2-1-3-8(10)12(15)16/h1-5,11-12H. The zero-order chi connectivity index (χ0) is 12.6. The fourth-order valence-corrected chi connectivity index (χ4v) is 3.36. The normalized spacial score (nSPS) is 11.6. The highest BCUT2D eigenvalue weighted by Crippen LogP contribution is 2.43. The van der Waals surface area contributed by atoms with Gasteiger partial charge in [0, 0.05) is 5.39 Å². The maximum Gasteiger partial charge on any atom is 0.186 e. The minimum Gasteiger partial charge on any atom is -0.289 e. The van der Waals surface area contributed by atoms with Gasteiger partial charge in [0.25, 0.3) is 0 Å². The quantitative estimate of drug-likeness (QED) is 0.428. The molecule has 0 amide bonds. The molecule has 0 aliphatic carbocycles. The van der Waals surface area contributed by atoms with Crippen LogP contribution in [0.3, 0.4) is 0 Å². The second-order valence-electron chi connectivity index (χ2n) is 3.52. The fraction of sp³-hybridized carbons (Fsp3) is 0.167. The molecule has 0 saturated carbocycles. The maximum atomic E-state index is 12.0. The average molecular weight is 487 g/mol. The van der Waals surface area contributed by atoms with E-state index in [0.29, 0.717) is 0 Å². The summed E-state index contributed by atoms with van der Waals surface area (Å²) in [4.78, 5) is 0. The van der Waals surface area contributed by atoms with Crippen molar-refractivity contribution in [3.8, 4) is 5.75 Å². The van der Waals surface area contributed by atoms with Crippen LogP contribution in [0, 0.1) is 0 Å². The van der Waals surface area contributed by atoms with Crippen LogP contribution in [0.4, 0.5) is 0 Å². The molecule has 17 heavy (non-hydrogen) atoms. The molecule has 0 aromatic heterocycles. The van der Waals surface area contributed by atoms with E-state index in [1.54, 1.807) is 6.07 Å². The molecular weight excluding hydrogens is 480 g/mol. The van der Waals surface area contributed by atoms with Gasteiger partial charge >= 0.3 is 0 Å². The molecule has 0 aliphatic heterocycles. The van der Waals surface area contributed by atoms with E-state index in [1.807, 2.05) is 24.3 Å². The highest BCUT2D eigenvalue weighted by Gasteiger charge is 2.16. The van der Waals surface area contributed by atoms with E-state index in [-0.39, 0.29) is 13.2 Å². The Morgan fingerprint density at radius 1 is 0.824 bits per heavy atom. The van der Waals surface area contributed by atoms with Gasteiger partial charge in [-0.1, -0.05) is 88.0 Å². The van der Waals surface area contributed by atoms with Gasteiger partial charge in [0.1, 0.15) is 0 Å². The molecule has 0 atom stereocenters. The van der Waals surface area contributed by atoms with Crippen molar-refractivity contribution >= 4 is 74.5 Å². The van der Waals surface area contributed by atoms with Gasteiger partial charge < -0.3 is 0 Å². The van der Waals surface area contributed by atoms with Crippen molar-refractivity contribution in [3.63, 3.8) is 0 Å². The predicted octanol–water partition coefficient (Wildman–Crippen LogP) is 6.56. The van der Waals surface area contributed by atoms with Gasteiger partial charge in [-0.15, -0.1) is 0 Å². The van der Waals surface area contributed by atoms with Crippen LogP contribution in [0.25, 0.3) is 10.8 Å². The van der Waals surface area contributed by atoms with E-state index in [9.17, 15) is 5.11 Å². The summed E-state index contributed by atoms with van der Waals surface area (Å²) in [5, 5.41) is 13.7. The molecule has 1 nitrogen and oxygen atoms in total. The molecule has 5 heteroatoms. The zero-order valence-electron chi connectivity index (χ0n) is 8.46. The van der Waals surface area contributed by atoms with Gasteiger partial charge in [0.15, 0.2) is 5.75 Å². The first-order chi connectivity index (χ1) is 8.02. The van der Waals surface area contributed by atoms with E-state index < -0.39 is 0 Å². The lowest BCUT2D eigenvalue weighted by molar-refractivity contribution is 0.360. The van der Waals surface area contributed by atoms with Gasteiger partial charge in [-0.25, -0.2) is 0 Å². The summed E-state index contributed by atoms with van der Waals surface area (Å²) < 4.78 is 0.0169. The van der Waals surface area contributed by atoms with Crippen LogP contribution >= 0.6 is 63.7 Å². The van der Waals surface area contributed by atoms with E-state index in [2.05, 4.69) is 63.7 Å². The van der Waals surface area contributed by atoms with Crippen LogP contribution in [0.2, 0.25) is 0 Å². The number of hydrogen-bond donors (Lipinski definition) is 0. The Bertz CT molecular complexity index is 551. The molecule has 0 heterocycles. The summed E-state index contributed by atoms with van der Waals surface area (Å²) in [7, 11) is 0. The first-order valence-corrected chi connectivity index (χ1v) is 8.47. The topological polar surface area (TPSA) is 19.9 Å². The lowest BCUT2D eigenvalue weighted by atomic mass is 10.0. The molecular formula is C12H7Br4O. The Balaban J connectivity index is 2.86. The Kier molecular flexibility index (Phi) is 4.55. The van der Waals surface area contributed by atoms with Gasteiger partial charge in [-0.05, 0) is 22.6 Å². The van der Waals surface area contributed by atoms with Gasteiger partial charge in [0.05, 0.1) is 7.47 Å². The molecule has 0 unspecified atom stereocenters. The predicted molar refractivity (Wildman–Crippen MR) is 85.3 cm³/mol. The first kappa shape index (κ1) is 13.8. The lowest BCUT2D eigenvalue weighted by Gasteiger charge is -2.12. The summed E-state index contributed by atoms with van der Waals surface area (Å²) in [6.45, 7) is 0. The van der Waals surface area contributed by atoms with Crippen molar-refractivity contribution in [2.45, 2.75) is 7.47 Å². The molecule has 0 N–H and O–H groups in total. The van der Waals surface area contributed by atoms with E-state index in [1.165, 1.54) is 0 Å². The largest absolute Gasteiger partial charge is 0.289 e. The van der Waals surface area contributed by atoms with E-state index >= 15 is 0 Å². The smallest absolute Gasteiger partial charge is 0.186 e. The van der Waals surface area contributed by atoms with Crippen LogP contribution in [0.15, 0.2) is 30.3 Å². The molecule has 0 aliphatic rings. The summed E-state index contributed by atoms with van der Waals surface area (Å²) in [5.41, 5.74) is 2.01. The molecule has 2 aromatic carbocycles. The summed E-state index contributed by atoms with van der Waals surface area (Å²) >= 11 is 13.9. The number of hydrogen-bond acceptors (Lipinski definition) is 0. The van der Waals surface area contributed by atoms with Crippen LogP contribution < -0.4 is 0 Å². The first-order valence-electron chi connectivity index (χ1n) is 4.81. The molecule has 2 aromatic rings. The van der Waals surface area contributed by atoms with Crippen LogP contribution in [0.1, 0.15) is 18.6 Å². The van der Waals surface area contributed by atoms with Gasteiger partial charge in [0.2, 0.25) is 0 Å². The third-order valence-electron chi connectivity index (χ3n) is 2.54. The molecule has 1 radical (unpaired) electrons. The number of fused-ring (bicyclic) bond motifs is 1. The van der Waals surface area contributed by atoms with Crippen molar-refractivity contribution in [2.75, 3.05) is 0 Å². The van der Waals surface area contributed by atoms with Crippen molar-refractivity contribution in [1.29, 1.82) is 0 Å². The number of rotatable bonds is 2. The molecule has 0 fully saturated rings. The zero-order valence-corrected chi connectivity index (χ0v) is 14.8. The molecule has 0 saturated heterocycles. The second-order valence-corrected chi connectivity index (χ2v) is 9.64. The van der Waals surface area contributed by atoms with Gasteiger partial charge in [-0.3, -0.25) is 5.11 Å². The SMILES string of the molecule is [O]c1ccc(C(Br)Br)c2cccc(C(Br)Br)c12. The number of alkyl halides is 4. The van der Waals surface area contributed by atoms with Crippen molar-refractivity contribution < 1.29 is 5.11 Å². The molecule has 89 valence electrons. The maximum absolute atomic E-state index is 12.0. The highest BCUT2D eigenvalue weighted by atomic mass is 79.9. The molecule has 0 bridgehead atoms. The Morgan fingerprint density at radius 3 is 2.06 bits per heavy atom. The minimum absolute atomic E-state index is 0.0225. The van der Waals surface area contributed by atoms with E-state index in [0.717, 1.165) is 21.9 Å². The Morgan fingerprint density at radius 2 is 1.47 bits per heavy atom. The van der Waals surface area contributed by atoms with Crippen molar-refractivity contribution in [2.24, 2.45) is 0 Å². The summed E-state index contributed by atoms with van der Waals surface area (Å²) in [6.07, 6.45) is 0. The lowest BCUT2D eigenvalue weighted by Crippen LogP contribution is -1.89. The van der Waals surface area contributed by atoms with Gasteiger partial charge in [-0.2, -0.15) is 0 Å². The Labute approximate surface area is 133 Å². The number of benzene rings is 2. The monoisotopic (exact) mass is 483 g/mol. The van der Waals surface area contributed by atoms with Crippen molar-refractivity contribution in [3.05, 3.63) is 41.5 Å². The Hall–Kier alpha value is 0.420. The average Bonchev–Trinajstić information content (AvgIpc) is 2.28. The molecule has 2 rings (SSSR count). The van der Waals surface area contributed by atoms with E-state index in [4.69, 9.17) is 0 Å².